The van der Waals surface area contributed by atoms with Gasteiger partial charge in [0.15, 0.2) is 0 Å². The van der Waals surface area contributed by atoms with Gasteiger partial charge in [-0.15, -0.1) is 0 Å². The summed E-state index contributed by atoms with van der Waals surface area (Å²) in [4.78, 5) is 0. The summed E-state index contributed by atoms with van der Waals surface area (Å²) in [5.41, 5.74) is 4.53. The van der Waals surface area contributed by atoms with Crippen LogP contribution in [0.3, 0.4) is 0 Å². The molecule has 4 nitrogen and oxygen atoms in total. The highest BCUT2D eigenvalue weighted by atomic mass is 32.2. The van der Waals surface area contributed by atoms with Crippen LogP contribution < -0.4 is 5.73 Å². The molecule has 0 aromatic rings. The van der Waals surface area contributed by atoms with E-state index in [0.717, 1.165) is 0 Å². The molecule has 0 radical (unpaired) electrons. The molecule has 3 N–H and O–H groups in total. The second kappa shape index (κ2) is 5.09. The van der Waals surface area contributed by atoms with E-state index < -0.39 is 15.4 Å². The van der Waals surface area contributed by atoms with E-state index in [9.17, 15) is 13.5 Å². The summed E-state index contributed by atoms with van der Waals surface area (Å²) in [7, 11) is -2.93. The van der Waals surface area contributed by atoms with Crippen molar-refractivity contribution >= 4 is 9.84 Å². The van der Waals surface area contributed by atoms with Crippen molar-refractivity contribution in [3.8, 4) is 0 Å². The molecule has 0 aliphatic heterocycles. The van der Waals surface area contributed by atoms with Crippen molar-refractivity contribution in [1.82, 2.24) is 0 Å². The molecule has 0 amide bonds. The van der Waals surface area contributed by atoms with Crippen LogP contribution in [0.15, 0.2) is 0 Å². The number of nitrogens with two attached hydrogens (primary N) is 1. The molecule has 0 aliphatic rings. The van der Waals surface area contributed by atoms with Gasteiger partial charge in [-0.1, -0.05) is 13.8 Å². The minimum atomic E-state index is -2.93. The first-order chi connectivity index (χ1) is 6.21. The lowest BCUT2D eigenvalue weighted by molar-refractivity contribution is -0.00467. The normalized spacial score (nSPS) is 17.0. The van der Waals surface area contributed by atoms with Crippen LogP contribution in [-0.2, 0) is 9.84 Å². The molecule has 0 fully saturated rings. The van der Waals surface area contributed by atoms with Crippen molar-refractivity contribution < 1.29 is 13.5 Å². The maximum absolute atomic E-state index is 10.9. The van der Waals surface area contributed by atoms with E-state index in [1.807, 2.05) is 13.8 Å². The molecule has 1 atom stereocenters. The van der Waals surface area contributed by atoms with Gasteiger partial charge < -0.3 is 10.8 Å². The van der Waals surface area contributed by atoms with Crippen molar-refractivity contribution in [1.29, 1.82) is 0 Å². The number of rotatable bonds is 6. The Morgan fingerprint density at radius 2 is 1.93 bits per heavy atom. The summed E-state index contributed by atoms with van der Waals surface area (Å²) >= 11 is 0. The van der Waals surface area contributed by atoms with Crippen LogP contribution in [-0.4, -0.2) is 37.7 Å². The zero-order valence-electron chi connectivity index (χ0n) is 9.16. The monoisotopic (exact) mass is 223 g/mol. The third-order valence-corrected chi connectivity index (χ3v) is 3.58. The largest absolute Gasteiger partial charge is 0.388 e. The van der Waals surface area contributed by atoms with Crippen LogP contribution in [0.2, 0.25) is 0 Å². The molecule has 14 heavy (non-hydrogen) atoms. The number of hydrogen-bond donors (Lipinski definition) is 2. The smallest absolute Gasteiger partial charge is 0.147 e. The van der Waals surface area contributed by atoms with E-state index in [-0.39, 0.29) is 18.2 Å². The van der Waals surface area contributed by atoms with Crippen molar-refractivity contribution in [2.45, 2.75) is 32.3 Å². The van der Waals surface area contributed by atoms with Crippen LogP contribution >= 0.6 is 0 Å². The van der Waals surface area contributed by atoms with Gasteiger partial charge in [-0.3, -0.25) is 0 Å². The maximum atomic E-state index is 10.9. The molecule has 0 spiro atoms. The molecule has 0 aromatic carbocycles. The first kappa shape index (κ1) is 13.9. The Labute approximate surface area is 86.4 Å². The minimum Gasteiger partial charge on any atom is -0.388 e. The highest BCUT2D eigenvalue weighted by Crippen LogP contribution is 2.21. The molecule has 0 bridgehead atoms. The van der Waals surface area contributed by atoms with Gasteiger partial charge in [0.05, 0.1) is 5.60 Å². The topological polar surface area (TPSA) is 80.4 Å². The summed E-state index contributed by atoms with van der Waals surface area (Å²) < 4.78 is 21.7. The minimum absolute atomic E-state index is 0.0482. The lowest BCUT2D eigenvalue weighted by Gasteiger charge is -2.30. The number of sulfone groups is 1. The molecule has 0 aliphatic carbocycles. The van der Waals surface area contributed by atoms with E-state index >= 15 is 0 Å². The van der Waals surface area contributed by atoms with E-state index in [1.54, 1.807) is 0 Å². The second-order valence-electron chi connectivity index (χ2n) is 4.20. The Bertz CT molecular complexity index is 261. The molecular weight excluding hydrogens is 202 g/mol. The Kier molecular flexibility index (Phi) is 5.05. The zero-order valence-corrected chi connectivity index (χ0v) is 9.97. The average molecular weight is 223 g/mol. The van der Waals surface area contributed by atoms with Crippen LogP contribution in [0.25, 0.3) is 0 Å². The molecule has 5 heteroatoms. The van der Waals surface area contributed by atoms with Gasteiger partial charge in [-0.05, 0) is 18.8 Å². The van der Waals surface area contributed by atoms with Crippen molar-refractivity contribution in [2.75, 3.05) is 18.6 Å². The fourth-order valence-corrected chi connectivity index (χ4v) is 1.94. The van der Waals surface area contributed by atoms with Gasteiger partial charge in [0.2, 0.25) is 0 Å². The molecule has 0 heterocycles. The molecule has 0 saturated carbocycles. The third-order valence-electron chi connectivity index (χ3n) is 2.55. The van der Waals surface area contributed by atoms with Crippen LogP contribution in [0, 0.1) is 5.92 Å². The quantitative estimate of drug-likeness (QED) is 0.672. The summed E-state index contributed by atoms with van der Waals surface area (Å²) in [5.74, 6) is 0.161. The summed E-state index contributed by atoms with van der Waals surface area (Å²) in [5, 5.41) is 9.97. The van der Waals surface area contributed by atoms with Gasteiger partial charge in [0.25, 0.3) is 0 Å². The van der Waals surface area contributed by atoms with Crippen LogP contribution in [0.5, 0.6) is 0 Å². The van der Waals surface area contributed by atoms with Crippen molar-refractivity contribution in [3.05, 3.63) is 0 Å². The number of aliphatic hydroxyl groups is 1. The first-order valence-corrected chi connectivity index (χ1v) is 6.87. The standard InChI is InChI=1S/C9H21NO3S/c1-8(2)9(11,7-10)5-4-6-14(3,12)13/h8,11H,4-7,10H2,1-3H3. The van der Waals surface area contributed by atoms with Crippen molar-refractivity contribution in [3.63, 3.8) is 0 Å². The van der Waals surface area contributed by atoms with Gasteiger partial charge in [0, 0.05) is 18.6 Å². The Balaban J connectivity index is 4.10. The fraction of sp³-hybridized carbons (Fsp3) is 1.00. The molecule has 86 valence electrons. The highest BCUT2D eigenvalue weighted by Gasteiger charge is 2.28. The summed E-state index contributed by atoms with van der Waals surface area (Å²) in [6.07, 6.45) is 2.10. The van der Waals surface area contributed by atoms with Crippen LogP contribution in [0.1, 0.15) is 26.7 Å². The zero-order chi connectivity index (χ0) is 11.4. The maximum Gasteiger partial charge on any atom is 0.147 e. The average Bonchev–Trinajstić information content (AvgIpc) is 2.01. The van der Waals surface area contributed by atoms with E-state index in [0.29, 0.717) is 12.8 Å². The third kappa shape index (κ3) is 4.93. The van der Waals surface area contributed by atoms with Gasteiger partial charge >= 0.3 is 0 Å². The van der Waals surface area contributed by atoms with Gasteiger partial charge in [0.1, 0.15) is 9.84 Å². The lowest BCUT2D eigenvalue weighted by atomic mass is 9.86. The SMILES string of the molecule is CC(C)C(O)(CN)CCCS(C)(=O)=O. The predicted octanol–water partition coefficient (Wildman–Crippen LogP) is 0.157. The Morgan fingerprint density at radius 3 is 2.21 bits per heavy atom. The summed E-state index contributed by atoms with van der Waals surface area (Å²) in [6, 6.07) is 0. The first-order valence-electron chi connectivity index (χ1n) is 4.81. The van der Waals surface area contributed by atoms with E-state index in [4.69, 9.17) is 5.73 Å². The highest BCUT2D eigenvalue weighted by molar-refractivity contribution is 7.90. The van der Waals surface area contributed by atoms with E-state index in [2.05, 4.69) is 0 Å². The summed E-state index contributed by atoms with van der Waals surface area (Å²) in [6.45, 7) is 3.94. The van der Waals surface area contributed by atoms with Gasteiger partial charge in [-0.25, -0.2) is 8.42 Å². The van der Waals surface area contributed by atoms with Crippen LogP contribution in [0.4, 0.5) is 0 Å². The Morgan fingerprint density at radius 1 is 1.43 bits per heavy atom. The van der Waals surface area contributed by atoms with Gasteiger partial charge in [-0.2, -0.15) is 0 Å². The Hall–Kier alpha value is -0.130. The second-order valence-corrected chi connectivity index (χ2v) is 6.46. The lowest BCUT2D eigenvalue weighted by Crippen LogP contribution is -2.43. The van der Waals surface area contributed by atoms with Crippen molar-refractivity contribution in [2.24, 2.45) is 11.7 Å². The fourth-order valence-electron chi connectivity index (χ4n) is 1.27. The molecule has 1 unspecified atom stereocenters. The number of hydrogen-bond acceptors (Lipinski definition) is 4. The predicted molar refractivity (Wildman–Crippen MR) is 57.8 cm³/mol. The molecule has 0 aromatic heterocycles. The molecule has 0 saturated heterocycles. The van der Waals surface area contributed by atoms with E-state index in [1.165, 1.54) is 6.26 Å². The molecule has 0 rings (SSSR count). The molecular formula is C9H21NO3S.